The highest BCUT2D eigenvalue weighted by Crippen LogP contribution is 2.49. The van der Waals surface area contributed by atoms with Crippen molar-refractivity contribution in [3.05, 3.63) is 29.8 Å². The molecule has 1 N–H and O–H groups in total. The monoisotopic (exact) mass is 343 g/mol. The van der Waals surface area contributed by atoms with Crippen molar-refractivity contribution in [1.82, 2.24) is 0 Å². The van der Waals surface area contributed by atoms with Crippen LogP contribution in [0.4, 0.5) is 5.69 Å². The van der Waals surface area contributed by atoms with E-state index in [0.29, 0.717) is 41.5 Å². The Bertz CT molecular complexity index is 816. The van der Waals surface area contributed by atoms with E-state index in [0.717, 1.165) is 16.7 Å². The van der Waals surface area contributed by atoms with Gasteiger partial charge in [0.1, 0.15) is 5.75 Å². The van der Waals surface area contributed by atoms with Crippen molar-refractivity contribution in [2.75, 3.05) is 33.8 Å². The molecule has 3 rings (SSSR count). The van der Waals surface area contributed by atoms with E-state index >= 15 is 0 Å². The molecule has 0 aliphatic carbocycles. The highest BCUT2D eigenvalue weighted by molar-refractivity contribution is 5.99. The van der Waals surface area contributed by atoms with E-state index < -0.39 is 0 Å². The van der Waals surface area contributed by atoms with E-state index in [1.165, 1.54) is 0 Å². The normalized spacial score (nSPS) is 12.9. The molecular formula is C19H21NO5. The number of hydrogen-bond acceptors (Lipinski definition) is 5. The first-order chi connectivity index (χ1) is 12.1. The van der Waals surface area contributed by atoms with Gasteiger partial charge in [-0.3, -0.25) is 4.79 Å². The molecule has 0 saturated carbocycles. The van der Waals surface area contributed by atoms with Gasteiger partial charge >= 0.3 is 0 Å². The van der Waals surface area contributed by atoms with Crippen molar-refractivity contribution < 1.29 is 23.7 Å². The van der Waals surface area contributed by atoms with Gasteiger partial charge in [0.05, 0.1) is 34.1 Å². The number of carbonyl (C=O) groups excluding carboxylic acids is 1. The standard InChI is InChI=1S/C19H21NO5/c1-22-12-6-7-13-14(10-12)20-16(21)8-5-11-9-15(23-2)18(24-3)19(25-4)17(11)13/h6-7,9-10H,5,8H2,1-4H3,(H,20,21). The molecule has 2 aromatic carbocycles. The molecule has 0 spiro atoms. The Hall–Kier alpha value is -2.89. The van der Waals surface area contributed by atoms with Gasteiger partial charge < -0.3 is 24.3 Å². The number of aryl methyl sites for hydroxylation is 1. The molecule has 25 heavy (non-hydrogen) atoms. The number of amides is 1. The topological polar surface area (TPSA) is 66.0 Å². The average Bonchev–Trinajstić information content (AvgIpc) is 2.63. The molecule has 1 aliphatic rings. The summed E-state index contributed by atoms with van der Waals surface area (Å²) in [6.07, 6.45) is 0.936. The number of anilines is 1. The molecule has 6 nitrogen and oxygen atoms in total. The van der Waals surface area contributed by atoms with Crippen LogP contribution in [0.5, 0.6) is 23.0 Å². The van der Waals surface area contributed by atoms with E-state index in [9.17, 15) is 4.79 Å². The quantitative estimate of drug-likeness (QED) is 0.923. The van der Waals surface area contributed by atoms with E-state index in [1.54, 1.807) is 34.5 Å². The van der Waals surface area contributed by atoms with E-state index in [2.05, 4.69) is 5.32 Å². The van der Waals surface area contributed by atoms with Crippen molar-refractivity contribution in [3.8, 4) is 34.1 Å². The minimum atomic E-state index is -0.0473. The molecule has 1 heterocycles. The zero-order chi connectivity index (χ0) is 18.0. The maximum absolute atomic E-state index is 12.2. The summed E-state index contributed by atoms with van der Waals surface area (Å²) in [5.74, 6) is 2.31. The molecule has 0 saturated heterocycles. The highest BCUT2D eigenvalue weighted by Gasteiger charge is 2.26. The Labute approximate surface area is 146 Å². The van der Waals surface area contributed by atoms with E-state index in [4.69, 9.17) is 18.9 Å². The predicted octanol–water partition coefficient (Wildman–Crippen LogP) is 3.27. The molecule has 6 heteroatoms. The third-order valence-corrected chi connectivity index (χ3v) is 4.30. The van der Waals surface area contributed by atoms with E-state index in [-0.39, 0.29) is 5.91 Å². The van der Waals surface area contributed by atoms with Gasteiger partial charge in [-0.05, 0) is 30.2 Å². The van der Waals surface area contributed by atoms with Gasteiger partial charge in [-0.15, -0.1) is 0 Å². The largest absolute Gasteiger partial charge is 0.497 e. The molecular weight excluding hydrogens is 322 g/mol. The van der Waals surface area contributed by atoms with Crippen molar-refractivity contribution in [1.29, 1.82) is 0 Å². The summed E-state index contributed by atoms with van der Waals surface area (Å²) in [5, 5.41) is 2.95. The number of hydrogen-bond donors (Lipinski definition) is 1. The zero-order valence-electron chi connectivity index (χ0n) is 14.8. The van der Waals surface area contributed by atoms with Gasteiger partial charge in [-0.2, -0.15) is 0 Å². The van der Waals surface area contributed by atoms with Gasteiger partial charge in [0.2, 0.25) is 11.7 Å². The summed E-state index contributed by atoms with van der Waals surface area (Å²) in [6.45, 7) is 0. The van der Waals surface area contributed by atoms with Crippen molar-refractivity contribution >= 4 is 11.6 Å². The van der Waals surface area contributed by atoms with Crippen LogP contribution in [0.25, 0.3) is 11.1 Å². The smallest absolute Gasteiger partial charge is 0.224 e. The summed E-state index contributed by atoms with van der Waals surface area (Å²) >= 11 is 0. The van der Waals surface area contributed by atoms with Crippen LogP contribution in [0.15, 0.2) is 24.3 Å². The number of ether oxygens (including phenoxy) is 4. The second-order valence-electron chi connectivity index (χ2n) is 5.64. The minimum absolute atomic E-state index is 0.0473. The predicted molar refractivity (Wildman–Crippen MR) is 95.0 cm³/mol. The van der Waals surface area contributed by atoms with Crippen LogP contribution in [-0.2, 0) is 11.2 Å². The number of nitrogens with one attached hydrogen (secondary N) is 1. The maximum Gasteiger partial charge on any atom is 0.224 e. The zero-order valence-corrected chi connectivity index (χ0v) is 14.8. The summed E-state index contributed by atoms with van der Waals surface area (Å²) in [5.41, 5.74) is 3.38. The third kappa shape index (κ3) is 2.95. The maximum atomic E-state index is 12.2. The van der Waals surface area contributed by atoms with Gasteiger partial charge in [0.15, 0.2) is 11.5 Å². The van der Waals surface area contributed by atoms with Crippen LogP contribution in [0, 0.1) is 0 Å². The second kappa shape index (κ2) is 6.93. The Morgan fingerprint density at radius 3 is 2.28 bits per heavy atom. The van der Waals surface area contributed by atoms with Crippen LogP contribution < -0.4 is 24.3 Å². The van der Waals surface area contributed by atoms with Crippen LogP contribution in [0.2, 0.25) is 0 Å². The Kier molecular flexibility index (Phi) is 4.70. The summed E-state index contributed by atoms with van der Waals surface area (Å²) in [7, 11) is 6.34. The fraction of sp³-hybridized carbons (Fsp3) is 0.316. The molecule has 132 valence electrons. The molecule has 0 bridgehead atoms. The second-order valence-corrected chi connectivity index (χ2v) is 5.64. The fourth-order valence-corrected chi connectivity index (χ4v) is 3.13. The van der Waals surface area contributed by atoms with Gasteiger partial charge in [-0.1, -0.05) is 0 Å². The molecule has 1 aliphatic heterocycles. The Morgan fingerprint density at radius 1 is 0.880 bits per heavy atom. The molecule has 0 atom stereocenters. The lowest BCUT2D eigenvalue weighted by molar-refractivity contribution is -0.116. The molecule has 1 amide bonds. The van der Waals surface area contributed by atoms with Crippen molar-refractivity contribution in [2.45, 2.75) is 12.8 Å². The molecule has 0 aromatic heterocycles. The number of carbonyl (C=O) groups is 1. The first kappa shape index (κ1) is 17.0. The highest BCUT2D eigenvalue weighted by atomic mass is 16.5. The molecule has 0 unspecified atom stereocenters. The van der Waals surface area contributed by atoms with Gasteiger partial charge in [0, 0.05) is 23.6 Å². The van der Waals surface area contributed by atoms with Crippen LogP contribution in [0.1, 0.15) is 12.0 Å². The van der Waals surface area contributed by atoms with Crippen molar-refractivity contribution in [2.24, 2.45) is 0 Å². The lowest BCUT2D eigenvalue weighted by Gasteiger charge is -2.23. The van der Waals surface area contributed by atoms with E-state index in [1.807, 2.05) is 18.2 Å². The minimum Gasteiger partial charge on any atom is -0.497 e. The number of fused-ring (bicyclic) bond motifs is 3. The molecule has 2 aromatic rings. The van der Waals surface area contributed by atoms with Crippen molar-refractivity contribution in [3.63, 3.8) is 0 Å². The number of methoxy groups -OCH3 is 4. The van der Waals surface area contributed by atoms with Crippen LogP contribution in [0.3, 0.4) is 0 Å². The number of benzene rings is 2. The number of rotatable bonds is 4. The first-order valence-electron chi connectivity index (χ1n) is 7.93. The SMILES string of the molecule is COc1ccc2c(c1)NC(=O)CCc1cc(OC)c(OC)c(OC)c1-2. The van der Waals surface area contributed by atoms with Crippen LogP contribution in [-0.4, -0.2) is 34.3 Å². The Morgan fingerprint density at radius 2 is 1.64 bits per heavy atom. The van der Waals surface area contributed by atoms with Gasteiger partial charge in [0.25, 0.3) is 0 Å². The fourth-order valence-electron chi connectivity index (χ4n) is 3.13. The first-order valence-corrected chi connectivity index (χ1v) is 7.93. The lowest BCUT2D eigenvalue weighted by atomic mass is 9.91. The molecule has 0 radical (unpaired) electrons. The molecule has 0 fully saturated rings. The summed E-state index contributed by atoms with van der Waals surface area (Å²) < 4.78 is 21.9. The summed E-state index contributed by atoms with van der Waals surface area (Å²) in [6, 6.07) is 7.47. The van der Waals surface area contributed by atoms with Crippen LogP contribution >= 0.6 is 0 Å². The summed E-state index contributed by atoms with van der Waals surface area (Å²) in [4.78, 5) is 12.2. The average molecular weight is 343 g/mol. The van der Waals surface area contributed by atoms with Gasteiger partial charge in [-0.25, -0.2) is 0 Å². The Balaban J connectivity index is 2.34. The third-order valence-electron chi connectivity index (χ3n) is 4.30. The lowest BCUT2D eigenvalue weighted by Crippen LogP contribution is -2.16.